The van der Waals surface area contributed by atoms with Crippen LogP contribution in [0.2, 0.25) is 0 Å². The van der Waals surface area contributed by atoms with Crippen molar-refractivity contribution in [1.82, 2.24) is 9.97 Å². The van der Waals surface area contributed by atoms with Gasteiger partial charge in [0.15, 0.2) is 5.82 Å². The smallest absolute Gasteiger partial charge is 0.160 e. The fourth-order valence-electron chi connectivity index (χ4n) is 6.32. The molecule has 0 radical (unpaired) electrons. The van der Waals surface area contributed by atoms with E-state index in [0.29, 0.717) is 5.82 Å². The minimum atomic E-state index is 0.688. The molecule has 0 atom stereocenters. The van der Waals surface area contributed by atoms with Gasteiger partial charge >= 0.3 is 0 Å². The number of aliphatic imine (C=N–C) groups is 1. The second-order valence-corrected chi connectivity index (χ2v) is 12.2. The summed E-state index contributed by atoms with van der Waals surface area (Å²) in [5, 5.41) is 0. The minimum Gasteiger partial charge on any atom is -0.296 e. The van der Waals surface area contributed by atoms with Gasteiger partial charge in [-0.15, -0.1) is 0 Å². The van der Waals surface area contributed by atoms with E-state index in [-0.39, 0.29) is 0 Å². The first kappa shape index (κ1) is 31.4. The van der Waals surface area contributed by atoms with Crippen molar-refractivity contribution in [1.29, 1.82) is 0 Å². The third-order valence-corrected chi connectivity index (χ3v) is 8.84. The van der Waals surface area contributed by atoms with Crippen LogP contribution in [0, 0.1) is 6.92 Å². The van der Waals surface area contributed by atoms with E-state index in [1.165, 1.54) is 11.1 Å². The van der Waals surface area contributed by atoms with Gasteiger partial charge in [-0.05, 0) is 82.1 Å². The monoisotopic (exact) mass is 631 g/mol. The largest absolute Gasteiger partial charge is 0.296 e. The van der Waals surface area contributed by atoms with Gasteiger partial charge in [0.25, 0.3) is 0 Å². The molecule has 3 nitrogen and oxygen atoms in total. The summed E-state index contributed by atoms with van der Waals surface area (Å²) >= 11 is 0. The van der Waals surface area contributed by atoms with Crippen molar-refractivity contribution in [3.05, 3.63) is 180 Å². The van der Waals surface area contributed by atoms with Gasteiger partial charge in [-0.1, -0.05) is 146 Å². The van der Waals surface area contributed by atoms with Crippen molar-refractivity contribution in [2.75, 3.05) is 7.05 Å². The van der Waals surface area contributed by atoms with E-state index in [4.69, 9.17) is 9.97 Å². The molecule has 0 amide bonds. The predicted molar refractivity (Wildman–Crippen MR) is 207 cm³/mol. The van der Waals surface area contributed by atoms with Crippen LogP contribution in [-0.4, -0.2) is 23.2 Å². The van der Waals surface area contributed by atoms with Crippen molar-refractivity contribution in [3.8, 4) is 56.2 Å². The molecular formula is C46H37N3. The number of nitrogens with zero attached hydrogens (tertiary/aromatic N) is 3. The number of aromatic nitrogens is 2. The van der Waals surface area contributed by atoms with Gasteiger partial charge in [-0.2, -0.15) is 0 Å². The first-order valence-corrected chi connectivity index (χ1v) is 16.6. The number of hydrogen-bond acceptors (Lipinski definition) is 3. The molecule has 0 aliphatic rings. The van der Waals surface area contributed by atoms with E-state index in [1.54, 1.807) is 7.05 Å². The Hall–Kier alpha value is -6.19. The summed E-state index contributed by atoms with van der Waals surface area (Å²) in [6.07, 6.45) is 4.14. The zero-order valence-electron chi connectivity index (χ0n) is 28.0. The van der Waals surface area contributed by atoms with Gasteiger partial charge in [0, 0.05) is 30.0 Å². The standard InChI is InChI=1S/C46H37N3/c1-32-25-26-39(29-43(32)33(2)27-36-19-10-11-20-40(36)31-47-3)46-48-44(38-22-14-21-37(28-38)34-15-6-4-7-16-34)30-45(49-46)42-24-13-12-23-41(42)35-17-8-5-9-18-35/h4-31H,1-3H3/b33-27+,47-31+. The lowest BCUT2D eigenvalue weighted by molar-refractivity contribution is 1.18. The summed E-state index contributed by atoms with van der Waals surface area (Å²) in [7, 11) is 1.81. The highest BCUT2D eigenvalue weighted by Gasteiger charge is 2.16. The van der Waals surface area contributed by atoms with Crippen molar-refractivity contribution in [2.24, 2.45) is 4.99 Å². The highest BCUT2D eigenvalue weighted by atomic mass is 14.9. The second-order valence-electron chi connectivity index (χ2n) is 12.2. The molecule has 0 saturated heterocycles. The van der Waals surface area contributed by atoms with Crippen molar-refractivity contribution >= 4 is 17.9 Å². The third-order valence-electron chi connectivity index (χ3n) is 8.84. The molecule has 0 aliphatic carbocycles. The average molecular weight is 632 g/mol. The molecule has 0 fully saturated rings. The Balaban J connectivity index is 1.39. The predicted octanol–water partition coefficient (Wildman–Crippen LogP) is 11.7. The quantitative estimate of drug-likeness (QED) is 0.124. The Morgan fingerprint density at radius 1 is 0.510 bits per heavy atom. The summed E-state index contributed by atoms with van der Waals surface area (Å²) < 4.78 is 0. The molecule has 49 heavy (non-hydrogen) atoms. The molecule has 0 saturated carbocycles. The summed E-state index contributed by atoms with van der Waals surface area (Å²) in [4.78, 5) is 14.8. The highest BCUT2D eigenvalue weighted by molar-refractivity contribution is 5.91. The van der Waals surface area contributed by atoms with E-state index < -0.39 is 0 Å². The SMILES string of the molecule is C/N=C/c1ccccc1/C=C(\C)c1cc(-c2nc(-c3cccc(-c4ccccc4)c3)cc(-c3ccccc3-c3ccccc3)n2)ccc1C. The van der Waals surface area contributed by atoms with Gasteiger partial charge in [-0.25, -0.2) is 9.97 Å². The Labute approximate surface area is 289 Å². The summed E-state index contributed by atoms with van der Waals surface area (Å²) in [5.74, 6) is 0.688. The van der Waals surface area contributed by atoms with E-state index in [0.717, 1.165) is 67.0 Å². The van der Waals surface area contributed by atoms with Crippen LogP contribution in [0.3, 0.4) is 0 Å². The molecule has 0 unspecified atom stereocenters. The molecule has 0 spiro atoms. The van der Waals surface area contributed by atoms with Crippen LogP contribution in [-0.2, 0) is 0 Å². The van der Waals surface area contributed by atoms with E-state index >= 15 is 0 Å². The third kappa shape index (κ3) is 6.93. The molecule has 0 aliphatic heterocycles. The second kappa shape index (κ2) is 14.3. The summed E-state index contributed by atoms with van der Waals surface area (Å²) in [6.45, 7) is 4.32. The maximum absolute atomic E-state index is 5.27. The fraction of sp³-hybridized carbons (Fsp3) is 0.0652. The Morgan fingerprint density at radius 3 is 1.88 bits per heavy atom. The zero-order chi connectivity index (χ0) is 33.6. The maximum Gasteiger partial charge on any atom is 0.160 e. The maximum atomic E-state index is 5.27. The van der Waals surface area contributed by atoms with Crippen LogP contribution in [0.25, 0.3) is 67.8 Å². The lowest BCUT2D eigenvalue weighted by Gasteiger charge is -2.15. The molecular weight excluding hydrogens is 595 g/mol. The van der Waals surface area contributed by atoms with Crippen LogP contribution >= 0.6 is 0 Å². The van der Waals surface area contributed by atoms with E-state index in [2.05, 4.69) is 164 Å². The fourth-order valence-corrected chi connectivity index (χ4v) is 6.32. The van der Waals surface area contributed by atoms with Crippen LogP contribution < -0.4 is 0 Å². The molecule has 7 aromatic rings. The molecule has 3 heteroatoms. The normalized spacial score (nSPS) is 11.6. The van der Waals surface area contributed by atoms with Crippen molar-refractivity contribution in [3.63, 3.8) is 0 Å². The van der Waals surface area contributed by atoms with Crippen LogP contribution in [0.4, 0.5) is 0 Å². The number of benzene rings is 6. The van der Waals surface area contributed by atoms with E-state index in [9.17, 15) is 0 Å². The van der Waals surface area contributed by atoms with Gasteiger partial charge in [-0.3, -0.25) is 4.99 Å². The average Bonchev–Trinajstić information content (AvgIpc) is 3.16. The van der Waals surface area contributed by atoms with Gasteiger partial charge in [0.05, 0.1) is 11.4 Å². The molecule has 0 N–H and O–H groups in total. The molecule has 7 rings (SSSR count). The Morgan fingerprint density at radius 2 is 1.12 bits per heavy atom. The molecule has 0 bridgehead atoms. The topological polar surface area (TPSA) is 38.1 Å². The molecule has 1 heterocycles. The summed E-state index contributed by atoms with van der Waals surface area (Å²) in [6, 6.07) is 55.1. The molecule has 6 aromatic carbocycles. The first-order chi connectivity index (χ1) is 24.1. The minimum absolute atomic E-state index is 0.688. The number of hydrogen-bond donors (Lipinski definition) is 0. The van der Waals surface area contributed by atoms with Gasteiger partial charge < -0.3 is 0 Å². The highest BCUT2D eigenvalue weighted by Crippen LogP contribution is 2.36. The number of aryl methyl sites for hydroxylation is 1. The lowest BCUT2D eigenvalue weighted by atomic mass is 9.95. The van der Waals surface area contributed by atoms with Crippen LogP contribution in [0.5, 0.6) is 0 Å². The first-order valence-electron chi connectivity index (χ1n) is 16.6. The Bertz CT molecular complexity index is 2300. The van der Waals surface area contributed by atoms with Crippen molar-refractivity contribution < 1.29 is 0 Å². The van der Waals surface area contributed by atoms with Gasteiger partial charge in [0.1, 0.15) is 0 Å². The lowest BCUT2D eigenvalue weighted by Crippen LogP contribution is -1.98. The van der Waals surface area contributed by atoms with Crippen LogP contribution in [0.15, 0.2) is 163 Å². The summed E-state index contributed by atoms with van der Waals surface area (Å²) in [5.41, 5.74) is 15.2. The molecule has 1 aromatic heterocycles. The molecule has 236 valence electrons. The number of allylic oxidation sites excluding steroid dienone is 1. The van der Waals surface area contributed by atoms with E-state index in [1.807, 2.05) is 24.4 Å². The Kier molecular flexibility index (Phi) is 9.16. The zero-order valence-corrected chi connectivity index (χ0v) is 28.0. The van der Waals surface area contributed by atoms with Gasteiger partial charge in [0.2, 0.25) is 0 Å². The number of rotatable bonds is 8. The van der Waals surface area contributed by atoms with Crippen LogP contribution in [0.1, 0.15) is 29.2 Å². The van der Waals surface area contributed by atoms with Crippen molar-refractivity contribution in [2.45, 2.75) is 13.8 Å².